The number of sulfonamides is 1. The number of carbonyl (C=O) groups is 2. The maximum Gasteiger partial charge on any atom is 0.244 e. The van der Waals surface area contributed by atoms with Crippen LogP contribution in [0, 0.1) is 0 Å². The predicted octanol–water partition coefficient (Wildman–Crippen LogP) is 5.05. The molecule has 1 fully saturated rings. The lowest BCUT2D eigenvalue weighted by Gasteiger charge is -2.34. The van der Waals surface area contributed by atoms with Gasteiger partial charge >= 0.3 is 0 Å². The molecule has 0 bridgehead atoms. The van der Waals surface area contributed by atoms with Crippen LogP contribution in [0.15, 0.2) is 54.6 Å². The molecule has 2 aromatic carbocycles. The standard InChI is InChI=1S/C31H45N3O4S/c1-6-28(30(36)32-26-15-11-8-12-16-26)33(22-21-24-13-9-7-10-14-24)29(35)23-34(39(5,37)38)27-19-17-25(18-20-27)31(2,3)4/h7,9-10,13-14,17-20,26,28H,6,8,11-12,15-16,21-23H2,1-5H3,(H,32,36)/t28-/m0/s1. The molecule has 0 radical (unpaired) electrons. The zero-order chi connectivity index (χ0) is 28.6. The summed E-state index contributed by atoms with van der Waals surface area (Å²) in [4.78, 5) is 28.9. The third kappa shape index (κ3) is 8.82. The molecule has 8 heteroatoms. The van der Waals surface area contributed by atoms with Crippen molar-refractivity contribution in [2.45, 2.75) is 90.1 Å². The van der Waals surface area contributed by atoms with Crippen molar-refractivity contribution >= 4 is 27.5 Å². The molecule has 214 valence electrons. The van der Waals surface area contributed by atoms with E-state index in [1.165, 1.54) is 6.42 Å². The second-order valence-electron chi connectivity index (χ2n) is 11.7. The van der Waals surface area contributed by atoms with E-state index in [0.29, 0.717) is 25.1 Å². The van der Waals surface area contributed by atoms with Crippen LogP contribution in [0.4, 0.5) is 5.69 Å². The molecule has 3 rings (SSSR count). The Morgan fingerprint density at radius 1 is 0.974 bits per heavy atom. The van der Waals surface area contributed by atoms with Crippen LogP contribution in [0.1, 0.15) is 77.3 Å². The van der Waals surface area contributed by atoms with Gasteiger partial charge < -0.3 is 10.2 Å². The Kier molecular flexibility index (Phi) is 10.6. The topological polar surface area (TPSA) is 86.8 Å². The predicted molar refractivity (Wildman–Crippen MR) is 158 cm³/mol. The number of benzene rings is 2. The van der Waals surface area contributed by atoms with Crippen LogP contribution in [-0.2, 0) is 31.4 Å². The quantitative estimate of drug-likeness (QED) is 0.421. The van der Waals surface area contributed by atoms with Gasteiger partial charge in [0.05, 0.1) is 11.9 Å². The normalized spacial score (nSPS) is 15.4. The van der Waals surface area contributed by atoms with Crippen LogP contribution < -0.4 is 9.62 Å². The van der Waals surface area contributed by atoms with Gasteiger partial charge in [-0.3, -0.25) is 13.9 Å². The Labute approximate surface area is 235 Å². The van der Waals surface area contributed by atoms with Gasteiger partial charge in [0.15, 0.2) is 0 Å². The molecule has 0 heterocycles. The summed E-state index contributed by atoms with van der Waals surface area (Å²) in [5.74, 6) is -0.548. The van der Waals surface area contributed by atoms with Crippen LogP contribution in [-0.4, -0.2) is 56.6 Å². The highest BCUT2D eigenvalue weighted by atomic mass is 32.2. The average molecular weight is 556 g/mol. The Morgan fingerprint density at radius 3 is 2.13 bits per heavy atom. The SMILES string of the molecule is CC[C@@H](C(=O)NC1CCCCC1)N(CCc1ccccc1)C(=O)CN(c1ccc(C(C)(C)C)cc1)S(C)(=O)=O. The fourth-order valence-corrected chi connectivity index (χ4v) is 6.03. The van der Waals surface area contributed by atoms with E-state index in [1.807, 2.05) is 49.4 Å². The van der Waals surface area contributed by atoms with Crippen molar-refractivity contribution in [2.24, 2.45) is 0 Å². The number of anilines is 1. The number of carbonyl (C=O) groups excluding carboxylic acids is 2. The molecule has 1 aliphatic rings. The van der Waals surface area contributed by atoms with Gasteiger partial charge in [-0.05, 0) is 54.4 Å². The van der Waals surface area contributed by atoms with Crippen LogP contribution in [0.3, 0.4) is 0 Å². The van der Waals surface area contributed by atoms with E-state index in [1.54, 1.807) is 17.0 Å². The second-order valence-corrected chi connectivity index (χ2v) is 13.6. The van der Waals surface area contributed by atoms with E-state index in [0.717, 1.165) is 47.4 Å². The maximum absolute atomic E-state index is 13.9. The monoisotopic (exact) mass is 555 g/mol. The Balaban J connectivity index is 1.87. The Morgan fingerprint density at radius 2 is 1.59 bits per heavy atom. The van der Waals surface area contributed by atoms with Gasteiger partial charge in [-0.25, -0.2) is 8.42 Å². The highest BCUT2D eigenvalue weighted by Gasteiger charge is 2.32. The molecule has 1 aliphatic carbocycles. The summed E-state index contributed by atoms with van der Waals surface area (Å²) < 4.78 is 26.9. The van der Waals surface area contributed by atoms with Gasteiger partial charge in [-0.2, -0.15) is 0 Å². The largest absolute Gasteiger partial charge is 0.352 e. The summed E-state index contributed by atoms with van der Waals surface area (Å²) in [6.45, 7) is 8.12. The molecule has 7 nitrogen and oxygen atoms in total. The summed E-state index contributed by atoms with van der Waals surface area (Å²) in [6, 6.07) is 16.6. The zero-order valence-electron chi connectivity index (χ0n) is 24.2. The van der Waals surface area contributed by atoms with Gasteiger partial charge in [0, 0.05) is 12.6 Å². The summed E-state index contributed by atoms with van der Waals surface area (Å²) in [7, 11) is -3.75. The maximum atomic E-state index is 13.9. The lowest BCUT2D eigenvalue weighted by molar-refractivity contribution is -0.140. The lowest BCUT2D eigenvalue weighted by Crippen LogP contribution is -2.54. The van der Waals surface area contributed by atoms with Crippen molar-refractivity contribution in [2.75, 3.05) is 23.7 Å². The molecule has 1 saturated carbocycles. The van der Waals surface area contributed by atoms with Crippen molar-refractivity contribution in [1.82, 2.24) is 10.2 Å². The van der Waals surface area contributed by atoms with Gasteiger partial charge in [0.1, 0.15) is 12.6 Å². The minimum absolute atomic E-state index is 0.0848. The van der Waals surface area contributed by atoms with Crippen LogP contribution in [0.2, 0.25) is 0 Å². The number of hydrogen-bond donors (Lipinski definition) is 1. The molecular formula is C31H45N3O4S. The molecule has 1 N–H and O–H groups in total. The molecule has 39 heavy (non-hydrogen) atoms. The Bertz CT molecular complexity index is 1180. The molecule has 0 spiro atoms. The number of amides is 2. The van der Waals surface area contributed by atoms with Crippen molar-refractivity contribution in [1.29, 1.82) is 0 Å². The Hall–Kier alpha value is -2.87. The molecule has 1 atom stereocenters. The third-order valence-corrected chi connectivity index (χ3v) is 8.66. The molecule has 0 unspecified atom stereocenters. The van der Waals surface area contributed by atoms with Gasteiger partial charge in [0.25, 0.3) is 0 Å². The molecule has 0 saturated heterocycles. The first kappa shape index (κ1) is 30.7. The molecule has 0 aliphatic heterocycles. The number of rotatable bonds is 11. The van der Waals surface area contributed by atoms with Gasteiger partial charge in [-0.15, -0.1) is 0 Å². The number of nitrogens with one attached hydrogen (secondary N) is 1. The first-order valence-corrected chi connectivity index (χ1v) is 16.0. The van der Waals surface area contributed by atoms with E-state index in [2.05, 4.69) is 26.1 Å². The highest BCUT2D eigenvalue weighted by molar-refractivity contribution is 7.92. The summed E-state index contributed by atoms with van der Waals surface area (Å²) in [5, 5.41) is 3.17. The third-order valence-electron chi connectivity index (χ3n) is 7.52. The van der Waals surface area contributed by atoms with Crippen molar-refractivity contribution < 1.29 is 18.0 Å². The van der Waals surface area contributed by atoms with Crippen LogP contribution in [0.25, 0.3) is 0 Å². The minimum atomic E-state index is -3.75. The van der Waals surface area contributed by atoms with E-state index in [9.17, 15) is 18.0 Å². The fourth-order valence-electron chi connectivity index (χ4n) is 5.18. The van der Waals surface area contributed by atoms with Gasteiger partial charge in [0.2, 0.25) is 21.8 Å². The van der Waals surface area contributed by atoms with Crippen LogP contribution in [0.5, 0.6) is 0 Å². The second kappa shape index (κ2) is 13.5. The summed E-state index contributed by atoms with van der Waals surface area (Å²) in [6.07, 6.45) is 7.39. The fraction of sp³-hybridized carbons (Fsp3) is 0.548. The minimum Gasteiger partial charge on any atom is -0.352 e. The summed E-state index contributed by atoms with van der Waals surface area (Å²) >= 11 is 0. The van der Waals surface area contributed by atoms with Crippen molar-refractivity contribution in [3.8, 4) is 0 Å². The van der Waals surface area contributed by atoms with Crippen molar-refractivity contribution in [3.05, 3.63) is 65.7 Å². The average Bonchev–Trinajstić information content (AvgIpc) is 2.89. The van der Waals surface area contributed by atoms with E-state index in [4.69, 9.17) is 0 Å². The zero-order valence-corrected chi connectivity index (χ0v) is 25.0. The van der Waals surface area contributed by atoms with E-state index >= 15 is 0 Å². The molecule has 2 aromatic rings. The highest BCUT2D eigenvalue weighted by Crippen LogP contribution is 2.26. The summed E-state index contributed by atoms with van der Waals surface area (Å²) in [5.41, 5.74) is 2.47. The van der Waals surface area contributed by atoms with Crippen molar-refractivity contribution in [3.63, 3.8) is 0 Å². The van der Waals surface area contributed by atoms with E-state index in [-0.39, 0.29) is 29.8 Å². The first-order chi connectivity index (χ1) is 18.4. The van der Waals surface area contributed by atoms with E-state index < -0.39 is 16.1 Å². The first-order valence-electron chi connectivity index (χ1n) is 14.1. The molecule has 2 amide bonds. The molecular weight excluding hydrogens is 510 g/mol. The smallest absolute Gasteiger partial charge is 0.244 e. The van der Waals surface area contributed by atoms with Gasteiger partial charge in [-0.1, -0.05) is 89.4 Å². The number of hydrogen-bond acceptors (Lipinski definition) is 4. The number of nitrogens with zero attached hydrogens (tertiary/aromatic N) is 2. The molecule has 0 aromatic heterocycles. The van der Waals surface area contributed by atoms with Crippen LogP contribution >= 0.6 is 0 Å². The lowest BCUT2D eigenvalue weighted by atomic mass is 9.87.